The molecule has 0 atom stereocenters. The Labute approximate surface area is 331 Å². The maximum absolute atomic E-state index is 12.7. The fourth-order valence-corrected chi connectivity index (χ4v) is 6.68. The summed E-state index contributed by atoms with van der Waals surface area (Å²) in [5.41, 5.74) is 3.05. The monoisotopic (exact) mass is 823 g/mol. The Morgan fingerprint density at radius 3 is 1.72 bits per heavy atom. The number of benzene rings is 6. The van der Waals surface area contributed by atoms with Crippen LogP contribution < -0.4 is 14.8 Å². The second-order valence-corrected chi connectivity index (χ2v) is 15.3. The third-order valence-electron chi connectivity index (χ3n) is 8.55. The lowest BCUT2D eigenvalue weighted by molar-refractivity contribution is 0.102. The van der Waals surface area contributed by atoms with E-state index in [1.54, 1.807) is 62.4 Å². The van der Waals surface area contributed by atoms with Gasteiger partial charge in [0.15, 0.2) is 5.75 Å². The summed E-state index contributed by atoms with van der Waals surface area (Å²) in [7, 11) is -6.47. The zero-order valence-electron chi connectivity index (χ0n) is 31.0. The molecule has 6 aromatic carbocycles. The first-order chi connectivity index (χ1) is 27.5. The molecule has 4 N–H and O–H groups in total. The van der Waals surface area contributed by atoms with Gasteiger partial charge in [0.05, 0.1) is 36.2 Å². The molecule has 0 fully saturated rings. The number of aryl methyl sites for hydroxylation is 2. The summed E-state index contributed by atoms with van der Waals surface area (Å²) < 4.78 is 78.0. The predicted octanol–water partition coefficient (Wildman–Crippen LogP) is 10.2. The number of rotatable bonds is 12. The Hall–Kier alpha value is -6.93. The first-order valence-electron chi connectivity index (χ1n) is 16.9. The molecule has 19 heteroatoms. The highest BCUT2D eigenvalue weighted by Gasteiger charge is 2.23. The van der Waals surface area contributed by atoms with Gasteiger partial charge in [-0.25, -0.2) is 0 Å². The highest BCUT2D eigenvalue weighted by atomic mass is 32.2. The van der Waals surface area contributed by atoms with Crippen molar-refractivity contribution in [3.63, 3.8) is 0 Å². The van der Waals surface area contributed by atoms with E-state index in [9.17, 15) is 35.8 Å². The quantitative estimate of drug-likeness (QED) is 0.0671. The SMILES string of the molecule is COc1cc(N=Nc2ccc(S(=O)(=O)O)cc2)c(C)cc1N=Nc1cc(OC)c(N=Nc2c(S(=O)(=O)O)cc3cc(NC(=O)c4ccccc4)ccc3c2O)cc1C. The van der Waals surface area contributed by atoms with Crippen LogP contribution in [0.15, 0.2) is 144 Å². The van der Waals surface area contributed by atoms with E-state index in [1.165, 1.54) is 62.8 Å². The fourth-order valence-electron chi connectivity index (χ4n) is 5.55. The van der Waals surface area contributed by atoms with E-state index in [-0.39, 0.29) is 27.1 Å². The van der Waals surface area contributed by atoms with Gasteiger partial charge in [-0.1, -0.05) is 18.2 Å². The molecule has 17 nitrogen and oxygen atoms in total. The van der Waals surface area contributed by atoms with Crippen LogP contribution in [0.1, 0.15) is 21.5 Å². The Bertz CT molecular complexity index is 2890. The van der Waals surface area contributed by atoms with Crippen molar-refractivity contribution in [1.29, 1.82) is 0 Å². The van der Waals surface area contributed by atoms with Gasteiger partial charge in [0.25, 0.3) is 26.1 Å². The number of carbonyl (C=O) groups is 1. The fraction of sp³-hybridized carbons (Fsp3) is 0.103. The second kappa shape index (κ2) is 16.7. The van der Waals surface area contributed by atoms with Crippen molar-refractivity contribution in [3.8, 4) is 17.2 Å². The standard InChI is InChI=1S/C39H33N7O10S2/c1-22-16-32(34(55-3)20-30(22)42-41-26-10-13-28(14-11-26)57(49,50)51)44-43-31-21-35(56-4)33(17-23(31)2)45-46-37-36(58(52,53)54)19-25-18-27(12-15-29(25)38(37)47)40-39(48)24-8-6-5-7-9-24/h5-21,47H,1-4H3,(H,40,48)(H,49,50,51)(H,52,53,54). The lowest BCUT2D eigenvalue weighted by Crippen LogP contribution is -2.11. The van der Waals surface area contributed by atoms with Crippen molar-refractivity contribution in [2.45, 2.75) is 23.6 Å². The molecular formula is C39H33N7O10S2. The number of fused-ring (bicyclic) bond motifs is 1. The van der Waals surface area contributed by atoms with Gasteiger partial charge < -0.3 is 19.9 Å². The highest BCUT2D eigenvalue weighted by Crippen LogP contribution is 2.44. The van der Waals surface area contributed by atoms with E-state index in [0.29, 0.717) is 50.9 Å². The number of ether oxygens (including phenoxy) is 2. The molecule has 0 saturated heterocycles. The van der Waals surface area contributed by atoms with Gasteiger partial charge >= 0.3 is 0 Å². The molecule has 0 bridgehead atoms. The third kappa shape index (κ3) is 9.19. The minimum Gasteiger partial charge on any atom is -0.505 e. The number of amides is 1. The maximum atomic E-state index is 12.7. The van der Waals surface area contributed by atoms with Gasteiger partial charge in [0.1, 0.15) is 33.5 Å². The normalized spacial score (nSPS) is 12.2. The van der Waals surface area contributed by atoms with Gasteiger partial charge in [-0.3, -0.25) is 13.9 Å². The molecule has 0 spiro atoms. The molecule has 0 unspecified atom stereocenters. The van der Waals surface area contributed by atoms with Crippen molar-refractivity contribution >= 4 is 76.7 Å². The van der Waals surface area contributed by atoms with Crippen molar-refractivity contribution in [2.24, 2.45) is 30.7 Å². The number of azo groups is 3. The number of methoxy groups -OCH3 is 2. The van der Waals surface area contributed by atoms with Gasteiger partial charge in [0, 0.05) is 28.8 Å². The van der Waals surface area contributed by atoms with E-state index in [1.807, 2.05) is 0 Å². The van der Waals surface area contributed by atoms with Gasteiger partial charge in [-0.05, 0) is 103 Å². The summed E-state index contributed by atoms with van der Waals surface area (Å²) in [6.45, 7) is 3.49. The van der Waals surface area contributed by atoms with Crippen LogP contribution in [-0.4, -0.2) is 51.2 Å². The minimum absolute atomic E-state index is 0.134. The number of hydrogen-bond acceptors (Lipinski definition) is 14. The first-order valence-corrected chi connectivity index (χ1v) is 19.8. The van der Waals surface area contributed by atoms with Crippen molar-refractivity contribution in [2.75, 3.05) is 19.5 Å². The van der Waals surface area contributed by atoms with Crippen LogP contribution in [0, 0.1) is 13.8 Å². The van der Waals surface area contributed by atoms with Crippen LogP contribution in [0.25, 0.3) is 10.8 Å². The molecular weight excluding hydrogens is 791 g/mol. The van der Waals surface area contributed by atoms with E-state index in [4.69, 9.17) is 9.47 Å². The minimum atomic E-state index is -4.94. The molecule has 0 heterocycles. The summed E-state index contributed by atoms with van der Waals surface area (Å²) >= 11 is 0. The Kier molecular flexibility index (Phi) is 11.7. The van der Waals surface area contributed by atoms with Crippen molar-refractivity contribution in [3.05, 3.63) is 120 Å². The average Bonchev–Trinajstić information content (AvgIpc) is 3.19. The van der Waals surface area contributed by atoms with E-state index in [0.717, 1.165) is 6.07 Å². The van der Waals surface area contributed by atoms with Crippen LogP contribution in [0.5, 0.6) is 17.2 Å². The van der Waals surface area contributed by atoms with Crippen LogP contribution in [-0.2, 0) is 20.2 Å². The number of anilines is 1. The van der Waals surface area contributed by atoms with Crippen LogP contribution in [0.2, 0.25) is 0 Å². The Morgan fingerprint density at radius 1 is 0.621 bits per heavy atom. The summed E-state index contributed by atoms with van der Waals surface area (Å²) in [6.07, 6.45) is 0. The van der Waals surface area contributed by atoms with E-state index in [2.05, 4.69) is 36.0 Å². The number of hydrogen-bond donors (Lipinski definition) is 4. The zero-order chi connectivity index (χ0) is 41.8. The number of carbonyl (C=O) groups excluding carboxylic acids is 1. The summed E-state index contributed by atoms with van der Waals surface area (Å²) in [4.78, 5) is 11.7. The number of nitrogens with zero attached hydrogens (tertiary/aromatic N) is 6. The summed E-state index contributed by atoms with van der Waals surface area (Å²) in [5.74, 6) is -0.502. The molecule has 6 rings (SSSR count). The molecule has 0 aromatic heterocycles. The lowest BCUT2D eigenvalue weighted by Gasteiger charge is -2.12. The lowest BCUT2D eigenvalue weighted by atomic mass is 10.1. The van der Waals surface area contributed by atoms with Gasteiger partial charge in [-0.15, -0.1) is 15.3 Å². The molecule has 296 valence electrons. The van der Waals surface area contributed by atoms with Crippen molar-refractivity contribution in [1.82, 2.24) is 0 Å². The molecule has 6 aromatic rings. The van der Waals surface area contributed by atoms with Gasteiger partial charge in [-0.2, -0.15) is 32.2 Å². The van der Waals surface area contributed by atoms with Crippen LogP contribution in [0.4, 0.5) is 39.8 Å². The Morgan fingerprint density at radius 2 is 1.17 bits per heavy atom. The number of phenolic OH excluding ortho intramolecular Hbond substituents is 1. The van der Waals surface area contributed by atoms with Gasteiger partial charge in [0.2, 0.25) is 0 Å². The third-order valence-corrected chi connectivity index (χ3v) is 10.3. The molecule has 0 aliphatic rings. The number of aromatic hydroxyl groups is 1. The predicted molar refractivity (Wildman–Crippen MR) is 214 cm³/mol. The van der Waals surface area contributed by atoms with Crippen LogP contribution >= 0.6 is 0 Å². The highest BCUT2D eigenvalue weighted by molar-refractivity contribution is 7.86. The molecule has 0 radical (unpaired) electrons. The molecule has 58 heavy (non-hydrogen) atoms. The molecule has 0 aliphatic carbocycles. The number of phenols is 1. The summed E-state index contributed by atoms with van der Waals surface area (Å²) in [6, 6.07) is 25.5. The van der Waals surface area contributed by atoms with E-state index >= 15 is 0 Å². The molecule has 1 amide bonds. The summed E-state index contributed by atoms with van der Waals surface area (Å²) in [5, 5.41) is 39.6. The van der Waals surface area contributed by atoms with E-state index < -0.39 is 42.5 Å². The zero-order valence-corrected chi connectivity index (χ0v) is 32.6. The maximum Gasteiger partial charge on any atom is 0.296 e. The topological polar surface area (TPSA) is 251 Å². The largest absolute Gasteiger partial charge is 0.505 e. The smallest absolute Gasteiger partial charge is 0.296 e. The second-order valence-electron chi connectivity index (χ2n) is 12.5. The molecule has 0 aliphatic heterocycles. The Balaban J connectivity index is 1.26. The van der Waals surface area contributed by atoms with Crippen molar-refractivity contribution < 1.29 is 45.3 Å². The van der Waals surface area contributed by atoms with Crippen LogP contribution in [0.3, 0.4) is 0 Å². The number of nitrogens with one attached hydrogen (secondary N) is 1. The molecule has 0 saturated carbocycles. The first kappa shape index (κ1) is 40.7. The average molecular weight is 824 g/mol.